The Morgan fingerprint density at radius 3 is 2.00 bits per heavy atom. The van der Waals surface area contributed by atoms with E-state index in [4.69, 9.17) is 0 Å². The first kappa shape index (κ1) is 40.6. The van der Waals surface area contributed by atoms with Crippen LogP contribution in [0.1, 0.15) is 112 Å². The van der Waals surface area contributed by atoms with E-state index in [1.807, 2.05) is 13.1 Å². The molecule has 3 unspecified atom stereocenters. The van der Waals surface area contributed by atoms with Crippen molar-refractivity contribution in [1.82, 2.24) is 25.1 Å². The Morgan fingerprint density at radius 1 is 1.00 bits per heavy atom. The molecule has 2 amide bonds. The van der Waals surface area contributed by atoms with Crippen LogP contribution in [0.5, 0.6) is 0 Å². The molecule has 0 bridgehead atoms. The maximum atomic E-state index is 14.1. The summed E-state index contributed by atoms with van der Waals surface area (Å²) < 4.78 is 0. The second kappa shape index (κ2) is 19.4. The molecule has 2 rings (SSSR count). The van der Waals surface area contributed by atoms with Crippen molar-refractivity contribution in [2.45, 2.75) is 118 Å². The second-order valence-corrected chi connectivity index (χ2v) is 14.6. The van der Waals surface area contributed by atoms with Crippen LogP contribution in [-0.2, 0) is 9.59 Å². The molecule has 1 saturated heterocycles. The lowest BCUT2D eigenvalue weighted by molar-refractivity contribution is -0.155. The highest BCUT2D eigenvalue weighted by Crippen LogP contribution is 2.49. The molecule has 47 heavy (non-hydrogen) atoms. The van der Waals surface area contributed by atoms with Crippen LogP contribution in [0.15, 0.2) is 33.4 Å². The Bertz CT molecular complexity index is 1220. The van der Waals surface area contributed by atoms with Crippen molar-refractivity contribution in [3.8, 4) is 6.07 Å². The number of carbonyl (C=O) groups excluding carboxylic acids is 2. The molecule has 0 spiro atoms. The molecular formula is C37H63N7O2S. The molecule has 9 nitrogen and oxygen atoms in total. The summed E-state index contributed by atoms with van der Waals surface area (Å²) in [4.78, 5) is 32.8. The maximum Gasteiger partial charge on any atom is 0.286 e. The normalized spacial score (nSPS) is 21.4. The number of unbranched alkanes of at least 4 members (excludes halogenated alkanes) is 3. The van der Waals surface area contributed by atoms with Crippen LogP contribution in [0.2, 0.25) is 0 Å². The predicted octanol–water partition coefficient (Wildman–Crippen LogP) is 7.31. The third-order valence-electron chi connectivity index (χ3n) is 9.85. The van der Waals surface area contributed by atoms with E-state index < -0.39 is 11.8 Å². The highest BCUT2D eigenvalue weighted by Gasteiger charge is 2.52. The van der Waals surface area contributed by atoms with Crippen molar-refractivity contribution in [1.29, 1.82) is 10.7 Å². The van der Waals surface area contributed by atoms with E-state index in [-0.39, 0.29) is 11.1 Å². The fraction of sp³-hybridized carbons (Fsp3) is 0.730. The molecule has 0 aliphatic carbocycles. The fourth-order valence-corrected chi connectivity index (χ4v) is 7.70. The molecule has 0 radical (unpaired) electrons. The molecule has 0 saturated carbocycles. The molecule has 10 heteroatoms. The molecule has 0 aromatic rings. The zero-order valence-electron chi connectivity index (χ0n) is 31.1. The maximum absolute atomic E-state index is 14.1. The number of hydrazine groups is 1. The first-order valence-corrected chi connectivity index (χ1v) is 18.8. The SMILES string of the molecule is CCCCC1=C(C#N)C(=O)N(N(C)C)C(=O)/C1=C\C(SC(=N)N(CC(CC)CCCC)CC(CC)CCCC)=C1/N(C)C1(C)CNC. The van der Waals surface area contributed by atoms with Crippen molar-refractivity contribution in [3.63, 3.8) is 0 Å². The summed E-state index contributed by atoms with van der Waals surface area (Å²) in [6.45, 7) is 15.6. The average molecular weight is 670 g/mol. The first-order chi connectivity index (χ1) is 22.4. The summed E-state index contributed by atoms with van der Waals surface area (Å²) in [5.41, 5.74) is 1.68. The third-order valence-corrected chi connectivity index (χ3v) is 10.8. The van der Waals surface area contributed by atoms with E-state index in [1.165, 1.54) is 29.6 Å². The van der Waals surface area contributed by atoms with Crippen LogP contribution in [0.4, 0.5) is 0 Å². The summed E-state index contributed by atoms with van der Waals surface area (Å²) in [5, 5.41) is 26.1. The summed E-state index contributed by atoms with van der Waals surface area (Å²) in [5.74, 6) is 0.00888. The number of imide groups is 1. The van der Waals surface area contributed by atoms with Gasteiger partial charge < -0.3 is 15.1 Å². The van der Waals surface area contributed by atoms with Crippen LogP contribution in [-0.4, -0.2) is 90.2 Å². The second-order valence-electron chi connectivity index (χ2n) is 13.6. The minimum absolute atomic E-state index is 0.0228. The Kier molecular flexibility index (Phi) is 16.7. The van der Waals surface area contributed by atoms with E-state index in [0.29, 0.717) is 41.1 Å². The number of allylic oxidation sites excluding steroid dienone is 1. The highest BCUT2D eigenvalue weighted by molar-refractivity contribution is 8.17. The van der Waals surface area contributed by atoms with Crippen LogP contribution in [0.25, 0.3) is 0 Å². The summed E-state index contributed by atoms with van der Waals surface area (Å²) in [6, 6.07) is 2.13. The van der Waals surface area contributed by atoms with E-state index in [9.17, 15) is 20.3 Å². The Morgan fingerprint density at radius 2 is 1.55 bits per heavy atom. The molecule has 2 heterocycles. The summed E-state index contributed by atoms with van der Waals surface area (Å²) in [6.07, 6.45) is 13.1. The molecule has 3 atom stereocenters. The van der Waals surface area contributed by atoms with E-state index >= 15 is 0 Å². The van der Waals surface area contributed by atoms with Crippen LogP contribution in [0.3, 0.4) is 0 Å². The molecule has 2 aliphatic heterocycles. The number of nitrogens with one attached hydrogen (secondary N) is 2. The highest BCUT2D eigenvalue weighted by atomic mass is 32.2. The lowest BCUT2D eigenvalue weighted by Crippen LogP contribution is -2.50. The molecule has 2 N–H and O–H groups in total. The van der Waals surface area contributed by atoms with Gasteiger partial charge in [0.1, 0.15) is 11.6 Å². The van der Waals surface area contributed by atoms with Crippen molar-refractivity contribution in [2.24, 2.45) is 11.8 Å². The van der Waals surface area contributed by atoms with E-state index in [0.717, 1.165) is 80.1 Å². The summed E-state index contributed by atoms with van der Waals surface area (Å²) >= 11 is 1.42. The number of nitrogens with zero attached hydrogens (tertiary/aromatic N) is 5. The topological polar surface area (TPSA) is 107 Å². The summed E-state index contributed by atoms with van der Waals surface area (Å²) in [7, 11) is 7.27. The number of amidine groups is 1. The van der Waals surface area contributed by atoms with Gasteiger partial charge in [0.15, 0.2) is 5.17 Å². The molecular weight excluding hydrogens is 607 g/mol. The number of carbonyl (C=O) groups is 2. The van der Waals surface area contributed by atoms with Gasteiger partial charge in [0.2, 0.25) is 0 Å². The molecule has 2 aliphatic rings. The van der Waals surface area contributed by atoms with Gasteiger partial charge in [0, 0.05) is 51.3 Å². The van der Waals surface area contributed by atoms with Gasteiger partial charge in [-0.2, -0.15) is 5.26 Å². The van der Waals surface area contributed by atoms with Gasteiger partial charge in [0.25, 0.3) is 11.8 Å². The van der Waals surface area contributed by atoms with Gasteiger partial charge in [-0.3, -0.25) is 15.0 Å². The van der Waals surface area contributed by atoms with Crippen LogP contribution in [0, 0.1) is 28.6 Å². The first-order valence-electron chi connectivity index (χ1n) is 18.0. The zero-order chi connectivity index (χ0) is 35.3. The van der Waals surface area contributed by atoms with Gasteiger partial charge in [-0.25, -0.2) is 10.0 Å². The lowest BCUT2D eigenvalue weighted by atomic mass is 9.90. The number of likely N-dealkylation sites (N-methyl/N-ethyl adjacent to an activating group) is 2. The predicted molar refractivity (Wildman–Crippen MR) is 196 cm³/mol. The minimum Gasteiger partial charge on any atom is -0.363 e. The van der Waals surface area contributed by atoms with Gasteiger partial charge in [-0.1, -0.05) is 91.3 Å². The number of rotatable bonds is 20. The Balaban J connectivity index is 2.73. The van der Waals surface area contributed by atoms with Gasteiger partial charge >= 0.3 is 0 Å². The van der Waals surface area contributed by atoms with Crippen molar-refractivity contribution >= 4 is 28.7 Å². The van der Waals surface area contributed by atoms with Gasteiger partial charge in [0.05, 0.1) is 11.2 Å². The van der Waals surface area contributed by atoms with Crippen molar-refractivity contribution in [2.75, 3.05) is 47.8 Å². The molecule has 0 aromatic carbocycles. The quantitative estimate of drug-likeness (QED) is 0.0457. The number of nitriles is 1. The molecule has 264 valence electrons. The van der Waals surface area contributed by atoms with Gasteiger partial charge in [-0.05, 0) is 63.1 Å². The minimum atomic E-state index is -0.578. The number of thioether (sulfide) groups is 1. The van der Waals surface area contributed by atoms with Gasteiger partial charge in [-0.15, -0.1) is 0 Å². The third kappa shape index (κ3) is 10.2. The van der Waals surface area contributed by atoms with E-state index in [2.05, 4.69) is 69.8 Å². The van der Waals surface area contributed by atoms with Crippen LogP contribution >= 0.6 is 11.8 Å². The van der Waals surface area contributed by atoms with Crippen LogP contribution < -0.4 is 5.32 Å². The lowest BCUT2D eigenvalue weighted by Gasteiger charge is -2.33. The zero-order valence-corrected chi connectivity index (χ0v) is 31.9. The van der Waals surface area contributed by atoms with Crippen molar-refractivity contribution in [3.05, 3.63) is 33.4 Å². The standard InChI is InChI=1S/C37H63N7O2S/c1-11-16-19-27(14-4)24-43(25-28(15-5)20-17-12-2)36(39)47-32(33-37(6,26-40-7)42(33)10)22-30-29(21-18-13-3)31(23-38)35(46)44(34(30)45)41(8)9/h22,27-28,39-40H,11-21,24-26H2,1-10H3/b30-22-,33-32+,39-36?. The number of hydrogen-bond acceptors (Lipinski definition) is 8. The Labute approximate surface area is 290 Å². The van der Waals surface area contributed by atoms with E-state index in [1.54, 1.807) is 14.1 Å². The molecule has 1 fully saturated rings. The van der Waals surface area contributed by atoms with Crippen molar-refractivity contribution < 1.29 is 9.59 Å². The number of amides is 2. The fourth-order valence-electron chi connectivity index (χ4n) is 6.58. The molecule has 0 aromatic heterocycles. The largest absolute Gasteiger partial charge is 0.363 e. The average Bonchev–Trinajstić information content (AvgIpc) is 3.58. The Hall–Kier alpha value is -2.61. The number of hydrogen-bond donors (Lipinski definition) is 2. The monoisotopic (exact) mass is 669 g/mol. The smallest absolute Gasteiger partial charge is 0.286 e.